The topological polar surface area (TPSA) is 89.3 Å². The zero-order valence-electron chi connectivity index (χ0n) is 11.1. The van der Waals surface area contributed by atoms with Crippen LogP contribution in [0.25, 0.3) is 0 Å². The number of aromatic nitrogens is 1. The molecule has 0 bridgehead atoms. The Morgan fingerprint density at radius 1 is 1.63 bits per heavy atom. The van der Waals surface area contributed by atoms with E-state index in [1.165, 1.54) is 12.3 Å². The summed E-state index contributed by atoms with van der Waals surface area (Å²) in [4.78, 5) is 16.0. The highest BCUT2D eigenvalue weighted by molar-refractivity contribution is 6.33. The van der Waals surface area contributed by atoms with E-state index < -0.39 is 0 Å². The quantitative estimate of drug-likeness (QED) is 0.523. The third-order valence-corrected chi connectivity index (χ3v) is 2.87. The summed E-state index contributed by atoms with van der Waals surface area (Å²) in [5.74, 6) is 5.33. The van der Waals surface area contributed by atoms with Crippen molar-refractivity contribution in [1.29, 1.82) is 0 Å². The molecule has 0 radical (unpaired) electrons. The summed E-state index contributed by atoms with van der Waals surface area (Å²) >= 11 is 5.92. The van der Waals surface area contributed by atoms with Crippen molar-refractivity contribution >= 4 is 23.3 Å². The number of anilines is 1. The minimum absolute atomic E-state index is 0.0198. The van der Waals surface area contributed by atoms with Crippen molar-refractivity contribution in [3.63, 3.8) is 0 Å². The Kier molecular flexibility index (Phi) is 6.55. The smallest absolute Gasteiger partial charge is 0.253 e. The van der Waals surface area contributed by atoms with Crippen LogP contribution in [-0.2, 0) is 4.74 Å². The number of hydrogen-bond donors (Lipinski definition) is 3. The summed E-state index contributed by atoms with van der Waals surface area (Å²) in [6.07, 6.45) is 3.23. The van der Waals surface area contributed by atoms with Gasteiger partial charge in [-0.3, -0.25) is 4.79 Å². The average Bonchev–Trinajstić information content (AvgIpc) is 2.39. The number of hydrogen-bond acceptors (Lipinski definition) is 5. The summed E-state index contributed by atoms with van der Waals surface area (Å²) in [6, 6.07) is 1.50. The molecule has 0 spiro atoms. The molecule has 7 heteroatoms. The number of nitrogens with two attached hydrogens (primary N) is 1. The SMILES string of the molecule is CCCC(COC)NC(=O)c1cnc(NN)c(Cl)c1. The lowest BCUT2D eigenvalue weighted by Crippen LogP contribution is -2.38. The molecule has 0 aliphatic carbocycles. The average molecular weight is 287 g/mol. The Labute approximate surface area is 117 Å². The number of amides is 1. The van der Waals surface area contributed by atoms with Crippen LogP contribution in [0.3, 0.4) is 0 Å². The standard InChI is InChI=1S/C12H19ClN4O2/c1-3-4-9(7-19-2)16-12(18)8-5-10(13)11(17-14)15-6-8/h5-6,9H,3-4,7,14H2,1-2H3,(H,15,17)(H,16,18). The van der Waals surface area contributed by atoms with E-state index in [9.17, 15) is 4.79 Å². The van der Waals surface area contributed by atoms with E-state index >= 15 is 0 Å². The normalized spacial score (nSPS) is 12.0. The minimum atomic E-state index is -0.228. The molecule has 1 rings (SSSR count). The van der Waals surface area contributed by atoms with Crippen molar-refractivity contribution in [3.05, 3.63) is 22.8 Å². The second kappa shape index (κ2) is 7.93. The van der Waals surface area contributed by atoms with Gasteiger partial charge in [-0.15, -0.1) is 0 Å². The zero-order valence-corrected chi connectivity index (χ0v) is 11.8. The fourth-order valence-electron chi connectivity index (χ4n) is 1.68. The number of methoxy groups -OCH3 is 1. The van der Waals surface area contributed by atoms with Crippen LogP contribution in [0.4, 0.5) is 5.82 Å². The van der Waals surface area contributed by atoms with Crippen LogP contribution >= 0.6 is 11.6 Å². The lowest BCUT2D eigenvalue weighted by Gasteiger charge is -2.17. The van der Waals surface area contributed by atoms with E-state index in [1.54, 1.807) is 7.11 Å². The molecular formula is C12H19ClN4O2. The number of rotatable bonds is 7. The molecular weight excluding hydrogens is 268 g/mol. The number of nitrogens with zero attached hydrogens (tertiary/aromatic N) is 1. The van der Waals surface area contributed by atoms with Gasteiger partial charge in [-0.25, -0.2) is 10.8 Å². The van der Waals surface area contributed by atoms with E-state index in [4.69, 9.17) is 22.2 Å². The van der Waals surface area contributed by atoms with E-state index in [2.05, 4.69) is 22.7 Å². The highest BCUT2D eigenvalue weighted by Crippen LogP contribution is 2.19. The number of carbonyl (C=O) groups is 1. The molecule has 0 aliphatic rings. The van der Waals surface area contributed by atoms with Crippen LogP contribution in [0.1, 0.15) is 30.1 Å². The summed E-state index contributed by atoms with van der Waals surface area (Å²) < 4.78 is 5.07. The summed E-state index contributed by atoms with van der Waals surface area (Å²) in [5.41, 5.74) is 2.74. The van der Waals surface area contributed by atoms with Gasteiger partial charge >= 0.3 is 0 Å². The van der Waals surface area contributed by atoms with E-state index in [0.717, 1.165) is 12.8 Å². The molecule has 1 amide bonds. The third-order valence-electron chi connectivity index (χ3n) is 2.58. The fourth-order valence-corrected chi connectivity index (χ4v) is 1.90. The molecule has 0 aromatic carbocycles. The van der Waals surface area contributed by atoms with E-state index in [0.29, 0.717) is 23.0 Å². The summed E-state index contributed by atoms with van der Waals surface area (Å²) in [7, 11) is 1.61. The molecule has 19 heavy (non-hydrogen) atoms. The molecule has 0 saturated heterocycles. The monoisotopic (exact) mass is 286 g/mol. The second-order valence-corrected chi connectivity index (χ2v) is 4.52. The lowest BCUT2D eigenvalue weighted by atomic mass is 10.1. The van der Waals surface area contributed by atoms with Gasteiger partial charge in [0.25, 0.3) is 5.91 Å². The van der Waals surface area contributed by atoms with Crippen molar-refractivity contribution in [3.8, 4) is 0 Å². The van der Waals surface area contributed by atoms with Gasteiger partial charge in [-0.1, -0.05) is 24.9 Å². The van der Waals surface area contributed by atoms with Gasteiger partial charge in [0.05, 0.1) is 23.2 Å². The van der Waals surface area contributed by atoms with Gasteiger partial charge in [-0.2, -0.15) is 0 Å². The van der Waals surface area contributed by atoms with Crippen LogP contribution in [0.15, 0.2) is 12.3 Å². The summed E-state index contributed by atoms with van der Waals surface area (Å²) in [6.45, 7) is 2.53. The Morgan fingerprint density at radius 2 is 2.37 bits per heavy atom. The Hall–Kier alpha value is -1.37. The Bertz CT molecular complexity index is 422. The molecule has 1 atom stereocenters. The van der Waals surface area contributed by atoms with Crippen LogP contribution in [-0.4, -0.2) is 30.6 Å². The van der Waals surface area contributed by atoms with Gasteiger partial charge in [0.1, 0.15) is 0 Å². The first kappa shape index (κ1) is 15.7. The van der Waals surface area contributed by atoms with Crippen LogP contribution in [0.5, 0.6) is 0 Å². The molecule has 1 aromatic rings. The maximum Gasteiger partial charge on any atom is 0.253 e. The van der Waals surface area contributed by atoms with Crippen LogP contribution in [0.2, 0.25) is 5.02 Å². The van der Waals surface area contributed by atoms with Gasteiger partial charge in [0.15, 0.2) is 5.82 Å². The first-order valence-electron chi connectivity index (χ1n) is 6.04. The molecule has 1 aromatic heterocycles. The molecule has 6 nitrogen and oxygen atoms in total. The maximum atomic E-state index is 12.0. The Morgan fingerprint density at radius 3 is 2.89 bits per heavy atom. The van der Waals surface area contributed by atoms with Gasteiger partial charge in [-0.05, 0) is 12.5 Å². The first-order chi connectivity index (χ1) is 9.12. The number of hydrazine groups is 1. The molecule has 0 fully saturated rings. The number of halogens is 1. The molecule has 0 aliphatic heterocycles. The molecule has 0 saturated carbocycles. The molecule has 1 heterocycles. The predicted octanol–water partition coefficient (Wildman–Crippen LogP) is 1.57. The van der Waals surface area contributed by atoms with Crippen LogP contribution < -0.4 is 16.6 Å². The molecule has 4 N–H and O–H groups in total. The molecule has 1 unspecified atom stereocenters. The highest BCUT2D eigenvalue weighted by atomic mass is 35.5. The van der Waals surface area contributed by atoms with Gasteiger partial charge < -0.3 is 15.5 Å². The molecule has 106 valence electrons. The van der Waals surface area contributed by atoms with Crippen molar-refractivity contribution in [2.45, 2.75) is 25.8 Å². The largest absolute Gasteiger partial charge is 0.383 e. The predicted molar refractivity (Wildman–Crippen MR) is 75.1 cm³/mol. The first-order valence-corrected chi connectivity index (χ1v) is 6.42. The van der Waals surface area contributed by atoms with Gasteiger partial charge in [0.2, 0.25) is 0 Å². The van der Waals surface area contributed by atoms with Crippen LogP contribution in [0, 0.1) is 0 Å². The third kappa shape index (κ3) is 4.66. The van der Waals surface area contributed by atoms with Crippen molar-refractivity contribution < 1.29 is 9.53 Å². The number of pyridine rings is 1. The van der Waals surface area contributed by atoms with Crippen molar-refractivity contribution in [2.75, 3.05) is 19.1 Å². The fraction of sp³-hybridized carbons (Fsp3) is 0.500. The van der Waals surface area contributed by atoms with Gasteiger partial charge in [0, 0.05) is 13.3 Å². The number of nitrogen functional groups attached to an aromatic ring is 1. The zero-order chi connectivity index (χ0) is 14.3. The van der Waals surface area contributed by atoms with Crippen molar-refractivity contribution in [2.24, 2.45) is 5.84 Å². The maximum absolute atomic E-state index is 12.0. The number of ether oxygens (including phenoxy) is 1. The Balaban J connectivity index is 2.73. The minimum Gasteiger partial charge on any atom is -0.383 e. The second-order valence-electron chi connectivity index (χ2n) is 4.11. The number of carbonyl (C=O) groups excluding carboxylic acids is 1. The van der Waals surface area contributed by atoms with E-state index in [-0.39, 0.29) is 11.9 Å². The number of nitrogens with one attached hydrogen (secondary N) is 2. The van der Waals surface area contributed by atoms with E-state index in [1.807, 2.05) is 0 Å². The summed E-state index contributed by atoms with van der Waals surface area (Å²) in [5, 5.41) is 3.19. The highest BCUT2D eigenvalue weighted by Gasteiger charge is 2.14. The van der Waals surface area contributed by atoms with Crippen molar-refractivity contribution in [1.82, 2.24) is 10.3 Å². The lowest BCUT2D eigenvalue weighted by molar-refractivity contribution is 0.0891.